The SMILES string of the molecule is CCc1nc(C(=O)OC)c(N)n1-c1cccc(Cl)c1Br. The van der Waals surface area contributed by atoms with E-state index < -0.39 is 5.97 Å². The Hall–Kier alpha value is -1.53. The summed E-state index contributed by atoms with van der Waals surface area (Å²) in [4.78, 5) is 15.9. The van der Waals surface area contributed by atoms with Crippen molar-refractivity contribution in [3.05, 3.63) is 39.2 Å². The van der Waals surface area contributed by atoms with Crippen LogP contribution in [0.3, 0.4) is 0 Å². The van der Waals surface area contributed by atoms with Crippen molar-refractivity contribution in [1.29, 1.82) is 0 Å². The van der Waals surface area contributed by atoms with Gasteiger partial charge < -0.3 is 10.5 Å². The molecule has 0 saturated heterocycles. The molecular weight excluding hydrogens is 346 g/mol. The average Bonchev–Trinajstić information content (AvgIpc) is 2.78. The standard InChI is InChI=1S/C13H13BrClN3O2/c1-3-9-17-11(13(19)20-2)12(16)18(9)8-6-4-5-7(15)10(8)14/h4-6H,3,16H2,1-2H3. The van der Waals surface area contributed by atoms with Crippen molar-refractivity contribution in [2.75, 3.05) is 12.8 Å². The lowest BCUT2D eigenvalue weighted by atomic mass is 10.3. The summed E-state index contributed by atoms with van der Waals surface area (Å²) >= 11 is 9.52. The lowest BCUT2D eigenvalue weighted by Crippen LogP contribution is -2.08. The minimum absolute atomic E-state index is 0.108. The minimum atomic E-state index is -0.561. The number of hydrogen-bond acceptors (Lipinski definition) is 4. The molecule has 1 heterocycles. The first kappa shape index (κ1) is 14.9. The number of nitrogens with two attached hydrogens (primary N) is 1. The summed E-state index contributed by atoms with van der Waals surface area (Å²) in [5.41, 5.74) is 6.88. The number of ether oxygens (including phenoxy) is 1. The number of nitrogen functional groups attached to an aromatic ring is 1. The number of halogens is 2. The van der Waals surface area contributed by atoms with Crippen LogP contribution in [0.25, 0.3) is 5.69 Å². The number of hydrogen-bond donors (Lipinski definition) is 1. The second kappa shape index (κ2) is 5.85. The first-order chi connectivity index (χ1) is 9.51. The van der Waals surface area contributed by atoms with Gasteiger partial charge in [-0.15, -0.1) is 0 Å². The summed E-state index contributed by atoms with van der Waals surface area (Å²) in [6.07, 6.45) is 0.611. The molecule has 1 aromatic heterocycles. The zero-order chi connectivity index (χ0) is 14.9. The van der Waals surface area contributed by atoms with Crippen molar-refractivity contribution >= 4 is 39.3 Å². The summed E-state index contributed by atoms with van der Waals surface area (Å²) in [6, 6.07) is 5.41. The number of aromatic nitrogens is 2. The quantitative estimate of drug-likeness (QED) is 0.855. The van der Waals surface area contributed by atoms with Gasteiger partial charge in [0.05, 0.1) is 22.3 Å². The first-order valence-electron chi connectivity index (χ1n) is 5.91. The van der Waals surface area contributed by atoms with Gasteiger partial charge >= 0.3 is 5.97 Å². The number of benzene rings is 1. The van der Waals surface area contributed by atoms with Gasteiger partial charge in [0.2, 0.25) is 0 Å². The van der Waals surface area contributed by atoms with E-state index in [-0.39, 0.29) is 11.5 Å². The second-order valence-electron chi connectivity index (χ2n) is 4.02. The van der Waals surface area contributed by atoms with Gasteiger partial charge in [0, 0.05) is 6.42 Å². The molecule has 2 aromatic rings. The molecule has 0 spiro atoms. The molecule has 0 unspecified atom stereocenters. The minimum Gasteiger partial charge on any atom is -0.464 e. The Morgan fingerprint density at radius 2 is 2.25 bits per heavy atom. The van der Waals surface area contributed by atoms with Crippen molar-refractivity contribution in [3.8, 4) is 5.69 Å². The van der Waals surface area contributed by atoms with Gasteiger partial charge in [0.15, 0.2) is 5.69 Å². The Bertz CT molecular complexity index is 670. The van der Waals surface area contributed by atoms with Gasteiger partial charge in [-0.25, -0.2) is 9.78 Å². The largest absolute Gasteiger partial charge is 0.464 e. The third kappa shape index (κ3) is 2.41. The van der Waals surface area contributed by atoms with Crippen molar-refractivity contribution in [2.45, 2.75) is 13.3 Å². The molecular formula is C13H13BrClN3O2. The van der Waals surface area contributed by atoms with Gasteiger partial charge in [0.1, 0.15) is 11.6 Å². The lowest BCUT2D eigenvalue weighted by molar-refractivity contribution is 0.0596. The molecule has 1 aromatic carbocycles. The zero-order valence-electron chi connectivity index (χ0n) is 11.0. The van der Waals surface area contributed by atoms with Crippen LogP contribution in [0.5, 0.6) is 0 Å². The molecule has 0 aliphatic carbocycles. The molecule has 106 valence electrons. The average molecular weight is 359 g/mol. The van der Waals surface area contributed by atoms with E-state index in [1.165, 1.54) is 7.11 Å². The van der Waals surface area contributed by atoms with Crippen molar-refractivity contribution in [1.82, 2.24) is 9.55 Å². The molecule has 0 amide bonds. The van der Waals surface area contributed by atoms with E-state index in [1.807, 2.05) is 13.0 Å². The van der Waals surface area contributed by atoms with E-state index in [0.717, 1.165) is 5.69 Å². The maximum absolute atomic E-state index is 11.7. The van der Waals surface area contributed by atoms with Crippen LogP contribution >= 0.6 is 27.5 Å². The zero-order valence-corrected chi connectivity index (χ0v) is 13.3. The smallest absolute Gasteiger partial charge is 0.360 e. The van der Waals surface area contributed by atoms with E-state index in [2.05, 4.69) is 25.7 Å². The third-order valence-electron chi connectivity index (χ3n) is 2.85. The van der Waals surface area contributed by atoms with Crippen molar-refractivity contribution < 1.29 is 9.53 Å². The monoisotopic (exact) mass is 357 g/mol. The number of carbonyl (C=O) groups is 1. The number of rotatable bonds is 3. The number of esters is 1. The van der Waals surface area contributed by atoms with E-state index in [4.69, 9.17) is 17.3 Å². The van der Waals surface area contributed by atoms with Crippen LogP contribution in [0.1, 0.15) is 23.2 Å². The highest BCUT2D eigenvalue weighted by atomic mass is 79.9. The number of carbonyl (C=O) groups excluding carboxylic acids is 1. The summed E-state index contributed by atoms with van der Waals surface area (Å²) in [7, 11) is 1.29. The predicted octanol–water partition coefficient (Wildman–Crippen LogP) is 3.22. The van der Waals surface area contributed by atoms with Gasteiger partial charge in [0.25, 0.3) is 0 Å². The predicted molar refractivity (Wildman–Crippen MR) is 81.4 cm³/mol. The Morgan fingerprint density at radius 3 is 2.85 bits per heavy atom. The highest BCUT2D eigenvalue weighted by Crippen LogP contribution is 2.32. The Morgan fingerprint density at radius 1 is 1.55 bits per heavy atom. The van der Waals surface area contributed by atoms with Crippen LogP contribution < -0.4 is 5.73 Å². The van der Waals surface area contributed by atoms with Gasteiger partial charge in [-0.2, -0.15) is 0 Å². The Kier molecular flexibility index (Phi) is 4.35. The van der Waals surface area contributed by atoms with Crippen LogP contribution in [-0.4, -0.2) is 22.6 Å². The number of imidazole rings is 1. The van der Waals surface area contributed by atoms with Gasteiger partial charge in [-0.1, -0.05) is 24.6 Å². The molecule has 7 heteroatoms. The molecule has 0 radical (unpaired) electrons. The van der Waals surface area contributed by atoms with E-state index in [9.17, 15) is 4.79 Å². The van der Waals surface area contributed by atoms with E-state index >= 15 is 0 Å². The van der Waals surface area contributed by atoms with Gasteiger partial charge in [-0.3, -0.25) is 4.57 Å². The van der Waals surface area contributed by atoms with Crippen LogP contribution in [0, 0.1) is 0 Å². The number of aryl methyl sites for hydroxylation is 1. The summed E-state index contributed by atoms with van der Waals surface area (Å²) in [5.74, 6) is 0.330. The number of methoxy groups -OCH3 is 1. The molecule has 5 nitrogen and oxygen atoms in total. The van der Waals surface area contributed by atoms with E-state index in [0.29, 0.717) is 21.7 Å². The fourth-order valence-corrected chi connectivity index (χ4v) is 2.51. The summed E-state index contributed by atoms with van der Waals surface area (Å²) < 4.78 is 7.08. The molecule has 20 heavy (non-hydrogen) atoms. The van der Waals surface area contributed by atoms with Crippen molar-refractivity contribution in [2.24, 2.45) is 0 Å². The summed E-state index contributed by atoms with van der Waals surface area (Å²) in [5, 5.41) is 0.553. The highest BCUT2D eigenvalue weighted by Gasteiger charge is 2.22. The Labute approximate surface area is 129 Å². The fraction of sp³-hybridized carbons (Fsp3) is 0.231. The van der Waals surface area contributed by atoms with Crippen molar-refractivity contribution in [3.63, 3.8) is 0 Å². The molecule has 0 aliphatic rings. The van der Waals surface area contributed by atoms with Crippen LogP contribution in [0.2, 0.25) is 5.02 Å². The van der Waals surface area contributed by atoms with E-state index in [1.54, 1.807) is 16.7 Å². The first-order valence-corrected chi connectivity index (χ1v) is 7.08. The molecule has 0 fully saturated rings. The fourth-order valence-electron chi connectivity index (χ4n) is 1.90. The third-order valence-corrected chi connectivity index (χ3v) is 4.23. The van der Waals surface area contributed by atoms with Crippen LogP contribution in [0.4, 0.5) is 5.82 Å². The molecule has 0 saturated carbocycles. The molecule has 0 atom stereocenters. The Balaban J connectivity index is 2.70. The number of anilines is 1. The molecule has 0 aliphatic heterocycles. The molecule has 2 rings (SSSR count). The normalized spacial score (nSPS) is 10.6. The highest BCUT2D eigenvalue weighted by molar-refractivity contribution is 9.10. The maximum atomic E-state index is 11.7. The second-order valence-corrected chi connectivity index (χ2v) is 5.22. The lowest BCUT2D eigenvalue weighted by Gasteiger charge is -2.11. The molecule has 0 bridgehead atoms. The molecule has 2 N–H and O–H groups in total. The number of nitrogens with zero attached hydrogens (tertiary/aromatic N) is 2. The van der Waals surface area contributed by atoms with Crippen LogP contribution in [-0.2, 0) is 11.2 Å². The summed E-state index contributed by atoms with van der Waals surface area (Å²) in [6.45, 7) is 1.93. The maximum Gasteiger partial charge on any atom is 0.360 e. The topological polar surface area (TPSA) is 70.1 Å². The van der Waals surface area contributed by atoms with Crippen LogP contribution in [0.15, 0.2) is 22.7 Å². The van der Waals surface area contributed by atoms with Gasteiger partial charge in [-0.05, 0) is 28.1 Å².